The van der Waals surface area contributed by atoms with Crippen molar-refractivity contribution in [1.29, 1.82) is 5.26 Å². The zero-order valence-electron chi connectivity index (χ0n) is 5.95. The van der Waals surface area contributed by atoms with Crippen molar-refractivity contribution in [2.75, 3.05) is 32.7 Å². The van der Waals surface area contributed by atoms with Crippen molar-refractivity contribution < 1.29 is 0 Å². The highest BCUT2D eigenvalue weighted by Crippen LogP contribution is 2.14. The molecule has 3 heteroatoms. The molecule has 54 valence electrons. The van der Waals surface area contributed by atoms with Gasteiger partial charge in [-0.15, -0.1) is 0 Å². The van der Waals surface area contributed by atoms with Crippen LogP contribution in [0.15, 0.2) is 0 Å². The Labute approximate surface area is 60.8 Å². The van der Waals surface area contributed by atoms with E-state index in [-0.39, 0.29) is 6.04 Å². The van der Waals surface area contributed by atoms with E-state index in [0.29, 0.717) is 0 Å². The molecule has 3 nitrogen and oxygen atoms in total. The minimum Gasteiger partial charge on any atom is -0.298 e. The Morgan fingerprint density at radius 1 is 1.20 bits per heavy atom. The third-order valence-electron chi connectivity index (χ3n) is 2.43. The molecule has 1 atom stereocenters. The SMILES string of the molecule is N#C[C@@H]1CN2CCN1CC2. The van der Waals surface area contributed by atoms with Crippen LogP contribution in [0.1, 0.15) is 0 Å². The maximum Gasteiger partial charge on any atom is 0.111 e. The number of nitrogens with zero attached hydrogens (tertiary/aromatic N) is 3. The second-order valence-electron chi connectivity index (χ2n) is 2.98. The van der Waals surface area contributed by atoms with Gasteiger partial charge in [0, 0.05) is 32.7 Å². The minimum absolute atomic E-state index is 0.183. The Kier molecular flexibility index (Phi) is 1.37. The predicted molar refractivity (Wildman–Crippen MR) is 37.4 cm³/mol. The lowest BCUT2D eigenvalue weighted by Crippen LogP contribution is -2.60. The van der Waals surface area contributed by atoms with Crippen molar-refractivity contribution >= 4 is 0 Å². The van der Waals surface area contributed by atoms with Gasteiger partial charge in [-0.2, -0.15) is 5.26 Å². The van der Waals surface area contributed by atoms with Gasteiger partial charge in [0.25, 0.3) is 0 Å². The van der Waals surface area contributed by atoms with Gasteiger partial charge in [-0.05, 0) is 0 Å². The van der Waals surface area contributed by atoms with E-state index in [0.717, 1.165) is 32.7 Å². The molecule has 0 aromatic heterocycles. The summed E-state index contributed by atoms with van der Waals surface area (Å²) >= 11 is 0. The first-order valence-corrected chi connectivity index (χ1v) is 3.76. The lowest BCUT2D eigenvalue weighted by atomic mass is 10.1. The summed E-state index contributed by atoms with van der Waals surface area (Å²) in [6.07, 6.45) is 0. The zero-order chi connectivity index (χ0) is 6.97. The molecule has 0 aliphatic carbocycles. The third-order valence-corrected chi connectivity index (χ3v) is 2.43. The Morgan fingerprint density at radius 3 is 2.20 bits per heavy atom. The van der Waals surface area contributed by atoms with Gasteiger partial charge < -0.3 is 0 Å². The molecule has 3 fully saturated rings. The number of nitriles is 1. The van der Waals surface area contributed by atoms with Crippen LogP contribution in [-0.2, 0) is 0 Å². The molecule has 3 rings (SSSR count). The van der Waals surface area contributed by atoms with Gasteiger partial charge in [-0.1, -0.05) is 0 Å². The van der Waals surface area contributed by atoms with E-state index in [2.05, 4.69) is 15.9 Å². The van der Waals surface area contributed by atoms with Gasteiger partial charge in [0.2, 0.25) is 0 Å². The summed E-state index contributed by atoms with van der Waals surface area (Å²) in [6.45, 7) is 5.49. The molecule has 0 aromatic rings. The number of hydrogen-bond acceptors (Lipinski definition) is 3. The number of piperazine rings is 3. The first-order valence-electron chi connectivity index (χ1n) is 3.76. The smallest absolute Gasteiger partial charge is 0.111 e. The minimum atomic E-state index is 0.183. The molecule has 2 bridgehead atoms. The Hall–Kier alpha value is -0.590. The molecule has 0 amide bonds. The van der Waals surface area contributed by atoms with Crippen molar-refractivity contribution in [3.05, 3.63) is 0 Å². The zero-order valence-corrected chi connectivity index (χ0v) is 5.95. The Bertz CT molecular complexity index is 164. The van der Waals surface area contributed by atoms with Gasteiger partial charge in [-0.25, -0.2) is 0 Å². The van der Waals surface area contributed by atoms with E-state index in [1.165, 1.54) is 0 Å². The number of hydrogen-bond donors (Lipinski definition) is 0. The van der Waals surface area contributed by atoms with Gasteiger partial charge >= 0.3 is 0 Å². The fourth-order valence-corrected chi connectivity index (χ4v) is 1.74. The highest BCUT2D eigenvalue weighted by atomic mass is 15.3. The molecule has 0 spiro atoms. The average molecular weight is 137 g/mol. The molecule has 3 aliphatic heterocycles. The molecule has 0 aromatic carbocycles. The lowest BCUT2D eigenvalue weighted by molar-refractivity contribution is 0.0362. The fourth-order valence-electron chi connectivity index (χ4n) is 1.74. The van der Waals surface area contributed by atoms with Crippen molar-refractivity contribution in [2.24, 2.45) is 0 Å². The summed E-state index contributed by atoms with van der Waals surface area (Å²) in [6, 6.07) is 2.50. The standard InChI is InChI=1S/C7H11N3/c8-5-7-6-9-1-3-10(7)4-2-9/h7H,1-4,6H2/t7-/m1/s1. The van der Waals surface area contributed by atoms with Crippen LogP contribution in [0.25, 0.3) is 0 Å². The largest absolute Gasteiger partial charge is 0.298 e. The van der Waals surface area contributed by atoms with Gasteiger partial charge in [0.1, 0.15) is 6.04 Å². The molecule has 3 saturated heterocycles. The summed E-state index contributed by atoms with van der Waals surface area (Å²) in [5.41, 5.74) is 0. The van der Waals surface area contributed by atoms with Crippen LogP contribution >= 0.6 is 0 Å². The molecule has 0 saturated carbocycles. The van der Waals surface area contributed by atoms with E-state index in [4.69, 9.17) is 5.26 Å². The Morgan fingerprint density at radius 2 is 1.90 bits per heavy atom. The molecular formula is C7H11N3. The second-order valence-corrected chi connectivity index (χ2v) is 2.98. The quantitative estimate of drug-likeness (QED) is 0.451. The summed E-state index contributed by atoms with van der Waals surface area (Å²) in [7, 11) is 0. The van der Waals surface area contributed by atoms with Crippen LogP contribution in [0.2, 0.25) is 0 Å². The van der Waals surface area contributed by atoms with Gasteiger partial charge in [-0.3, -0.25) is 9.80 Å². The second kappa shape index (κ2) is 2.22. The van der Waals surface area contributed by atoms with Crippen LogP contribution in [0.3, 0.4) is 0 Å². The van der Waals surface area contributed by atoms with Crippen LogP contribution in [0.5, 0.6) is 0 Å². The predicted octanol–water partition coefficient (Wildman–Crippen LogP) is -0.490. The maximum atomic E-state index is 8.69. The van der Waals surface area contributed by atoms with E-state index in [1.807, 2.05) is 0 Å². The first kappa shape index (κ1) is 6.14. The van der Waals surface area contributed by atoms with E-state index >= 15 is 0 Å². The molecule has 0 N–H and O–H groups in total. The Balaban J connectivity index is 2.09. The van der Waals surface area contributed by atoms with Gasteiger partial charge in [0.15, 0.2) is 0 Å². The van der Waals surface area contributed by atoms with Crippen molar-refractivity contribution in [2.45, 2.75) is 6.04 Å². The van der Waals surface area contributed by atoms with Gasteiger partial charge in [0.05, 0.1) is 6.07 Å². The van der Waals surface area contributed by atoms with Crippen LogP contribution in [0, 0.1) is 11.3 Å². The molecule has 10 heavy (non-hydrogen) atoms. The maximum absolute atomic E-state index is 8.69. The van der Waals surface area contributed by atoms with E-state index in [1.54, 1.807) is 0 Å². The summed E-state index contributed by atoms with van der Waals surface area (Å²) < 4.78 is 0. The average Bonchev–Trinajstić information content (AvgIpc) is 2.06. The fraction of sp³-hybridized carbons (Fsp3) is 0.857. The van der Waals surface area contributed by atoms with Crippen LogP contribution in [0.4, 0.5) is 0 Å². The lowest BCUT2D eigenvalue weighted by Gasteiger charge is -2.44. The van der Waals surface area contributed by atoms with Crippen LogP contribution in [-0.4, -0.2) is 48.6 Å². The molecule has 0 radical (unpaired) electrons. The van der Waals surface area contributed by atoms with Crippen molar-refractivity contribution in [3.63, 3.8) is 0 Å². The van der Waals surface area contributed by atoms with E-state index < -0.39 is 0 Å². The van der Waals surface area contributed by atoms with E-state index in [9.17, 15) is 0 Å². The molecule has 3 aliphatic rings. The first-order chi connectivity index (χ1) is 4.90. The third kappa shape index (κ3) is 0.808. The van der Waals surface area contributed by atoms with Crippen LogP contribution < -0.4 is 0 Å². The molecule has 3 heterocycles. The summed E-state index contributed by atoms with van der Waals surface area (Å²) in [5.74, 6) is 0. The number of fused-ring (bicyclic) bond motifs is 3. The number of rotatable bonds is 0. The summed E-state index contributed by atoms with van der Waals surface area (Å²) in [5, 5.41) is 8.69. The summed E-state index contributed by atoms with van der Waals surface area (Å²) in [4.78, 5) is 4.65. The van der Waals surface area contributed by atoms with Crippen molar-refractivity contribution in [1.82, 2.24) is 9.80 Å². The monoisotopic (exact) mass is 137 g/mol. The molecular weight excluding hydrogens is 126 g/mol. The normalized spacial score (nSPS) is 44.9. The van der Waals surface area contributed by atoms with Crippen molar-refractivity contribution in [3.8, 4) is 6.07 Å². The highest BCUT2D eigenvalue weighted by Gasteiger charge is 2.31. The highest BCUT2D eigenvalue weighted by molar-refractivity contribution is 5.00. The molecule has 0 unspecified atom stereocenters. The topological polar surface area (TPSA) is 30.3 Å².